The van der Waals surface area contributed by atoms with Gasteiger partial charge >= 0.3 is 5.97 Å². The molecule has 0 aliphatic rings. The zero-order valence-electron chi connectivity index (χ0n) is 12.1. The van der Waals surface area contributed by atoms with Gasteiger partial charge in [0.15, 0.2) is 0 Å². The lowest BCUT2D eigenvalue weighted by Gasteiger charge is -2.21. The van der Waals surface area contributed by atoms with E-state index in [2.05, 4.69) is 33.0 Å². The highest BCUT2D eigenvalue weighted by Crippen LogP contribution is 2.13. The average Bonchev–Trinajstić information content (AvgIpc) is 2.24. The second kappa shape index (κ2) is 7.06. The summed E-state index contributed by atoms with van der Waals surface area (Å²) in [6.45, 7) is 7.17. The normalized spacial score (nSPS) is 11.7. The highest BCUT2D eigenvalue weighted by atomic mass is 79.9. The van der Waals surface area contributed by atoms with Crippen molar-refractivity contribution in [2.45, 2.75) is 39.3 Å². The van der Waals surface area contributed by atoms with E-state index < -0.39 is 5.60 Å². The SMILES string of the molecule is CN(CCC(=O)OC(C)(C)C)Cc1cccc(Br)c1. The zero-order chi connectivity index (χ0) is 14.5. The summed E-state index contributed by atoms with van der Waals surface area (Å²) in [7, 11) is 2.01. The summed E-state index contributed by atoms with van der Waals surface area (Å²) in [6.07, 6.45) is 0.418. The van der Waals surface area contributed by atoms with E-state index in [1.165, 1.54) is 5.56 Å². The Hall–Kier alpha value is -0.870. The Bertz CT molecular complexity index is 426. The van der Waals surface area contributed by atoms with Gasteiger partial charge in [0.25, 0.3) is 0 Å². The molecule has 4 heteroatoms. The molecule has 0 aliphatic carbocycles. The molecule has 1 aromatic rings. The fourth-order valence-corrected chi connectivity index (χ4v) is 2.15. The predicted octanol–water partition coefficient (Wildman–Crippen LogP) is 3.61. The van der Waals surface area contributed by atoms with E-state index >= 15 is 0 Å². The molecule has 0 amide bonds. The van der Waals surface area contributed by atoms with Gasteiger partial charge in [-0.1, -0.05) is 28.1 Å². The van der Waals surface area contributed by atoms with Crippen molar-refractivity contribution in [2.75, 3.05) is 13.6 Å². The molecule has 0 unspecified atom stereocenters. The van der Waals surface area contributed by atoms with Gasteiger partial charge in [0.2, 0.25) is 0 Å². The van der Waals surface area contributed by atoms with Crippen LogP contribution in [-0.4, -0.2) is 30.1 Å². The van der Waals surface area contributed by atoms with Gasteiger partial charge in [-0.25, -0.2) is 0 Å². The maximum absolute atomic E-state index is 11.6. The molecule has 19 heavy (non-hydrogen) atoms. The first kappa shape index (κ1) is 16.2. The van der Waals surface area contributed by atoms with E-state index in [4.69, 9.17) is 4.74 Å². The van der Waals surface area contributed by atoms with Crippen molar-refractivity contribution in [3.05, 3.63) is 34.3 Å². The minimum absolute atomic E-state index is 0.145. The number of hydrogen-bond donors (Lipinski definition) is 0. The smallest absolute Gasteiger partial charge is 0.307 e. The van der Waals surface area contributed by atoms with Gasteiger partial charge in [0, 0.05) is 17.6 Å². The standard InChI is InChI=1S/C15H22BrNO2/c1-15(2,3)19-14(18)8-9-17(4)11-12-6-5-7-13(16)10-12/h5-7,10H,8-9,11H2,1-4H3. The zero-order valence-corrected chi connectivity index (χ0v) is 13.7. The van der Waals surface area contributed by atoms with E-state index in [1.54, 1.807) is 0 Å². The molecular weight excluding hydrogens is 306 g/mol. The van der Waals surface area contributed by atoms with Crippen LogP contribution < -0.4 is 0 Å². The Morgan fingerprint density at radius 3 is 2.63 bits per heavy atom. The Labute approximate surface area is 124 Å². The van der Waals surface area contributed by atoms with Crippen LogP contribution in [0, 0.1) is 0 Å². The number of ether oxygens (including phenoxy) is 1. The van der Waals surface area contributed by atoms with E-state index in [1.807, 2.05) is 40.0 Å². The van der Waals surface area contributed by atoms with Gasteiger partial charge in [0.1, 0.15) is 5.60 Å². The fraction of sp³-hybridized carbons (Fsp3) is 0.533. The van der Waals surface area contributed by atoms with Crippen molar-refractivity contribution in [2.24, 2.45) is 0 Å². The minimum atomic E-state index is -0.403. The number of halogens is 1. The molecule has 0 saturated heterocycles. The Kier molecular flexibility index (Phi) is 6.01. The molecule has 0 spiro atoms. The third-order valence-corrected chi connectivity index (χ3v) is 2.95. The quantitative estimate of drug-likeness (QED) is 0.774. The van der Waals surface area contributed by atoms with Crippen LogP contribution in [0.2, 0.25) is 0 Å². The lowest BCUT2D eigenvalue weighted by Crippen LogP contribution is -2.27. The second-order valence-electron chi connectivity index (χ2n) is 5.70. The summed E-state index contributed by atoms with van der Waals surface area (Å²) < 4.78 is 6.36. The van der Waals surface area contributed by atoms with Crippen LogP contribution in [0.25, 0.3) is 0 Å². The molecule has 0 bridgehead atoms. The predicted molar refractivity (Wildman–Crippen MR) is 80.9 cm³/mol. The summed E-state index contributed by atoms with van der Waals surface area (Å²) in [5, 5.41) is 0. The Morgan fingerprint density at radius 2 is 2.05 bits per heavy atom. The molecule has 0 radical (unpaired) electrons. The highest BCUT2D eigenvalue weighted by Gasteiger charge is 2.16. The van der Waals surface area contributed by atoms with E-state index in [9.17, 15) is 4.79 Å². The van der Waals surface area contributed by atoms with Gasteiger partial charge in [-0.2, -0.15) is 0 Å². The molecule has 0 heterocycles. The second-order valence-corrected chi connectivity index (χ2v) is 6.62. The first-order valence-electron chi connectivity index (χ1n) is 6.41. The maximum atomic E-state index is 11.6. The topological polar surface area (TPSA) is 29.5 Å². The summed E-state index contributed by atoms with van der Waals surface area (Å²) in [6, 6.07) is 8.18. The van der Waals surface area contributed by atoms with Crippen molar-refractivity contribution in [3.63, 3.8) is 0 Å². The largest absolute Gasteiger partial charge is 0.460 e. The van der Waals surface area contributed by atoms with Crippen LogP contribution >= 0.6 is 15.9 Å². The molecule has 3 nitrogen and oxygen atoms in total. The Morgan fingerprint density at radius 1 is 1.37 bits per heavy atom. The molecule has 0 atom stereocenters. The fourth-order valence-electron chi connectivity index (χ4n) is 1.70. The van der Waals surface area contributed by atoms with Crippen LogP contribution in [0.3, 0.4) is 0 Å². The molecule has 0 N–H and O–H groups in total. The molecular formula is C15H22BrNO2. The minimum Gasteiger partial charge on any atom is -0.460 e. The van der Waals surface area contributed by atoms with Gasteiger partial charge in [-0.15, -0.1) is 0 Å². The number of rotatable bonds is 5. The number of esters is 1. The van der Waals surface area contributed by atoms with E-state index in [-0.39, 0.29) is 5.97 Å². The van der Waals surface area contributed by atoms with Gasteiger partial charge in [-0.05, 0) is 45.5 Å². The first-order valence-corrected chi connectivity index (χ1v) is 7.20. The number of benzene rings is 1. The summed E-state index contributed by atoms with van der Waals surface area (Å²) in [4.78, 5) is 13.7. The highest BCUT2D eigenvalue weighted by molar-refractivity contribution is 9.10. The number of carbonyl (C=O) groups excluding carboxylic acids is 1. The molecule has 1 aromatic carbocycles. The van der Waals surface area contributed by atoms with Crippen molar-refractivity contribution < 1.29 is 9.53 Å². The summed E-state index contributed by atoms with van der Waals surface area (Å²) in [5.41, 5.74) is 0.820. The van der Waals surface area contributed by atoms with Crippen LogP contribution in [0.15, 0.2) is 28.7 Å². The van der Waals surface area contributed by atoms with Crippen LogP contribution in [0.4, 0.5) is 0 Å². The van der Waals surface area contributed by atoms with Crippen molar-refractivity contribution in [1.82, 2.24) is 4.90 Å². The lowest BCUT2D eigenvalue weighted by atomic mass is 10.2. The molecule has 0 aliphatic heterocycles. The van der Waals surface area contributed by atoms with Crippen molar-refractivity contribution in [1.29, 1.82) is 0 Å². The number of nitrogens with zero attached hydrogens (tertiary/aromatic N) is 1. The Balaban J connectivity index is 2.36. The van der Waals surface area contributed by atoms with Gasteiger partial charge in [-0.3, -0.25) is 4.79 Å². The molecule has 1 rings (SSSR count). The van der Waals surface area contributed by atoms with Gasteiger partial charge < -0.3 is 9.64 Å². The number of carbonyl (C=O) groups is 1. The average molecular weight is 328 g/mol. The van der Waals surface area contributed by atoms with E-state index in [0.29, 0.717) is 13.0 Å². The maximum Gasteiger partial charge on any atom is 0.307 e. The summed E-state index contributed by atoms with van der Waals surface area (Å²) >= 11 is 3.45. The summed E-state index contributed by atoms with van der Waals surface area (Å²) in [5.74, 6) is -0.145. The van der Waals surface area contributed by atoms with Crippen LogP contribution in [0.1, 0.15) is 32.8 Å². The van der Waals surface area contributed by atoms with Crippen LogP contribution in [0.5, 0.6) is 0 Å². The van der Waals surface area contributed by atoms with Crippen LogP contribution in [-0.2, 0) is 16.1 Å². The number of hydrogen-bond acceptors (Lipinski definition) is 3. The molecule has 0 fully saturated rings. The molecule has 0 aromatic heterocycles. The molecule has 0 saturated carbocycles. The van der Waals surface area contributed by atoms with Gasteiger partial charge in [0.05, 0.1) is 6.42 Å². The van der Waals surface area contributed by atoms with Crippen molar-refractivity contribution >= 4 is 21.9 Å². The lowest BCUT2D eigenvalue weighted by molar-refractivity contribution is -0.155. The van der Waals surface area contributed by atoms with Crippen molar-refractivity contribution in [3.8, 4) is 0 Å². The first-order chi connectivity index (χ1) is 8.76. The molecule has 106 valence electrons. The monoisotopic (exact) mass is 327 g/mol. The third-order valence-electron chi connectivity index (χ3n) is 2.46. The third kappa shape index (κ3) is 7.33. The van der Waals surface area contributed by atoms with E-state index in [0.717, 1.165) is 11.0 Å².